The third-order valence-corrected chi connectivity index (χ3v) is 3.96. The van der Waals surface area contributed by atoms with Gasteiger partial charge in [0.2, 0.25) is 0 Å². The average molecular weight is 318 g/mol. The summed E-state index contributed by atoms with van der Waals surface area (Å²) in [6.07, 6.45) is 0. The van der Waals surface area contributed by atoms with Gasteiger partial charge < -0.3 is 5.32 Å². The van der Waals surface area contributed by atoms with Gasteiger partial charge in [-0.3, -0.25) is 0 Å². The van der Waals surface area contributed by atoms with Gasteiger partial charge in [0.05, 0.1) is 0 Å². The minimum Gasteiger partial charge on any atom is -0.306 e. The zero-order valence-electron chi connectivity index (χ0n) is 11.7. The Morgan fingerprint density at radius 2 is 1.74 bits per heavy atom. The Bertz CT molecular complexity index is 546. The van der Waals surface area contributed by atoms with Gasteiger partial charge in [-0.25, -0.2) is 0 Å². The molecule has 1 atom stereocenters. The molecule has 0 bridgehead atoms. The van der Waals surface area contributed by atoms with Crippen LogP contribution in [0.15, 0.2) is 46.9 Å². The van der Waals surface area contributed by atoms with E-state index in [0.717, 1.165) is 11.0 Å². The van der Waals surface area contributed by atoms with Gasteiger partial charge in [0.1, 0.15) is 0 Å². The standard InChI is InChI=1S/C17H20BrN/c1-12-4-5-13(2)17(10-12)14(3)19-11-15-6-8-16(18)9-7-15/h4-10,14,19H,11H2,1-3H3. The van der Waals surface area contributed by atoms with E-state index < -0.39 is 0 Å². The molecule has 2 aromatic carbocycles. The van der Waals surface area contributed by atoms with E-state index in [0.29, 0.717) is 6.04 Å². The quantitative estimate of drug-likeness (QED) is 0.844. The van der Waals surface area contributed by atoms with Crippen LogP contribution < -0.4 is 5.32 Å². The number of rotatable bonds is 4. The second-order valence-corrected chi connectivity index (χ2v) is 6.00. The highest BCUT2D eigenvalue weighted by Crippen LogP contribution is 2.19. The largest absolute Gasteiger partial charge is 0.306 e. The molecule has 0 aromatic heterocycles. The van der Waals surface area contributed by atoms with Crippen LogP contribution in [0.5, 0.6) is 0 Å². The summed E-state index contributed by atoms with van der Waals surface area (Å²) in [5.41, 5.74) is 5.36. The smallest absolute Gasteiger partial charge is 0.0297 e. The van der Waals surface area contributed by atoms with Crippen molar-refractivity contribution in [2.24, 2.45) is 0 Å². The summed E-state index contributed by atoms with van der Waals surface area (Å²) in [5, 5.41) is 3.59. The minimum atomic E-state index is 0.364. The van der Waals surface area contributed by atoms with Crippen molar-refractivity contribution in [2.75, 3.05) is 0 Å². The van der Waals surface area contributed by atoms with E-state index >= 15 is 0 Å². The fourth-order valence-corrected chi connectivity index (χ4v) is 2.47. The molecule has 2 rings (SSSR count). The van der Waals surface area contributed by atoms with Crippen LogP contribution in [-0.4, -0.2) is 0 Å². The molecule has 0 spiro atoms. The van der Waals surface area contributed by atoms with Crippen molar-refractivity contribution < 1.29 is 0 Å². The molecule has 0 saturated heterocycles. The van der Waals surface area contributed by atoms with Crippen molar-refractivity contribution in [3.05, 3.63) is 69.2 Å². The van der Waals surface area contributed by atoms with Crippen LogP contribution in [0.25, 0.3) is 0 Å². The van der Waals surface area contributed by atoms with Gasteiger partial charge in [-0.2, -0.15) is 0 Å². The van der Waals surface area contributed by atoms with Gasteiger partial charge in [-0.15, -0.1) is 0 Å². The molecule has 100 valence electrons. The first-order valence-corrected chi connectivity index (χ1v) is 7.40. The molecule has 1 N–H and O–H groups in total. The third-order valence-electron chi connectivity index (χ3n) is 3.43. The summed E-state index contributed by atoms with van der Waals surface area (Å²) in [4.78, 5) is 0. The predicted molar refractivity (Wildman–Crippen MR) is 85.3 cm³/mol. The van der Waals surface area contributed by atoms with E-state index in [1.807, 2.05) is 0 Å². The van der Waals surface area contributed by atoms with Crippen LogP contribution in [0.4, 0.5) is 0 Å². The van der Waals surface area contributed by atoms with E-state index in [-0.39, 0.29) is 0 Å². The minimum absolute atomic E-state index is 0.364. The number of benzene rings is 2. The Morgan fingerprint density at radius 3 is 2.42 bits per heavy atom. The highest BCUT2D eigenvalue weighted by atomic mass is 79.9. The molecule has 0 amide bonds. The maximum atomic E-state index is 3.59. The Labute approximate surface area is 124 Å². The monoisotopic (exact) mass is 317 g/mol. The summed E-state index contributed by atoms with van der Waals surface area (Å²) in [6.45, 7) is 7.43. The summed E-state index contributed by atoms with van der Waals surface area (Å²) >= 11 is 3.46. The molecule has 0 aliphatic heterocycles. The number of hydrogen-bond acceptors (Lipinski definition) is 1. The van der Waals surface area contributed by atoms with E-state index in [1.54, 1.807) is 0 Å². The maximum Gasteiger partial charge on any atom is 0.0297 e. The van der Waals surface area contributed by atoms with Crippen molar-refractivity contribution in [3.8, 4) is 0 Å². The van der Waals surface area contributed by atoms with E-state index in [1.165, 1.54) is 22.3 Å². The Hall–Kier alpha value is -1.12. The Balaban J connectivity index is 2.03. The van der Waals surface area contributed by atoms with Crippen LogP contribution in [0.2, 0.25) is 0 Å². The van der Waals surface area contributed by atoms with Crippen molar-refractivity contribution in [3.63, 3.8) is 0 Å². The highest BCUT2D eigenvalue weighted by molar-refractivity contribution is 9.10. The van der Waals surface area contributed by atoms with Gasteiger partial charge in [0, 0.05) is 17.1 Å². The maximum absolute atomic E-state index is 3.59. The molecule has 0 fully saturated rings. The van der Waals surface area contributed by atoms with Crippen LogP contribution in [-0.2, 0) is 6.54 Å². The number of halogens is 1. The molecule has 1 unspecified atom stereocenters. The summed E-state index contributed by atoms with van der Waals surface area (Å²) < 4.78 is 1.12. The summed E-state index contributed by atoms with van der Waals surface area (Å²) in [5.74, 6) is 0. The van der Waals surface area contributed by atoms with Gasteiger partial charge >= 0.3 is 0 Å². The molecule has 0 heterocycles. The molecular weight excluding hydrogens is 298 g/mol. The average Bonchev–Trinajstić information content (AvgIpc) is 2.40. The topological polar surface area (TPSA) is 12.0 Å². The number of hydrogen-bond donors (Lipinski definition) is 1. The van der Waals surface area contributed by atoms with Gasteiger partial charge in [-0.05, 0) is 49.6 Å². The number of aryl methyl sites for hydroxylation is 2. The fraction of sp³-hybridized carbons (Fsp3) is 0.294. The second-order valence-electron chi connectivity index (χ2n) is 5.09. The first-order chi connectivity index (χ1) is 9.06. The van der Waals surface area contributed by atoms with Crippen LogP contribution in [0, 0.1) is 13.8 Å². The molecule has 0 radical (unpaired) electrons. The lowest BCUT2D eigenvalue weighted by Crippen LogP contribution is -2.19. The molecule has 1 nitrogen and oxygen atoms in total. The Kier molecular flexibility index (Phi) is 4.78. The van der Waals surface area contributed by atoms with Gasteiger partial charge in [0.25, 0.3) is 0 Å². The van der Waals surface area contributed by atoms with E-state index in [4.69, 9.17) is 0 Å². The summed E-state index contributed by atoms with van der Waals surface area (Å²) in [7, 11) is 0. The van der Waals surface area contributed by atoms with Crippen molar-refractivity contribution in [2.45, 2.75) is 33.4 Å². The van der Waals surface area contributed by atoms with Crippen molar-refractivity contribution >= 4 is 15.9 Å². The fourth-order valence-electron chi connectivity index (χ4n) is 2.21. The lowest BCUT2D eigenvalue weighted by Gasteiger charge is -2.17. The van der Waals surface area contributed by atoms with Gasteiger partial charge in [0.15, 0.2) is 0 Å². The predicted octanol–water partition coefficient (Wildman–Crippen LogP) is 4.92. The molecule has 0 saturated carbocycles. The lowest BCUT2D eigenvalue weighted by atomic mass is 10.00. The SMILES string of the molecule is Cc1ccc(C)c(C(C)NCc2ccc(Br)cc2)c1. The molecule has 19 heavy (non-hydrogen) atoms. The number of nitrogens with one attached hydrogen (secondary N) is 1. The lowest BCUT2D eigenvalue weighted by molar-refractivity contribution is 0.572. The van der Waals surface area contributed by atoms with Gasteiger partial charge in [-0.1, -0.05) is 51.8 Å². The first-order valence-electron chi connectivity index (χ1n) is 6.61. The van der Waals surface area contributed by atoms with Crippen molar-refractivity contribution in [1.82, 2.24) is 5.32 Å². The van der Waals surface area contributed by atoms with Crippen LogP contribution >= 0.6 is 15.9 Å². The highest BCUT2D eigenvalue weighted by Gasteiger charge is 2.08. The molecule has 0 aliphatic rings. The van der Waals surface area contributed by atoms with E-state index in [9.17, 15) is 0 Å². The molecule has 0 aliphatic carbocycles. The molecule has 2 aromatic rings. The third kappa shape index (κ3) is 3.92. The summed E-state index contributed by atoms with van der Waals surface area (Å²) in [6, 6.07) is 15.5. The second kappa shape index (κ2) is 6.36. The molecular formula is C17H20BrN. The van der Waals surface area contributed by atoms with E-state index in [2.05, 4.69) is 84.5 Å². The normalized spacial score (nSPS) is 12.4. The zero-order valence-corrected chi connectivity index (χ0v) is 13.3. The van der Waals surface area contributed by atoms with Crippen molar-refractivity contribution in [1.29, 1.82) is 0 Å². The van der Waals surface area contributed by atoms with Crippen LogP contribution in [0.1, 0.15) is 35.2 Å². The zero-order chi connectivity index (χ0) is 13.8. The Morgan fingerprint density at radius 1 is 1.05 bits per heavy atom. The first kappa shape index (κ1) is 14.3. The van der Waals surface area contributed by atoms with Crippen LogP contribution in [0.3, 0.4) is 0 Å². The molecule has 2 heteroatoms.